The van der Waals surface area contributed by atoms with E-state index in [2.05, 4.69) is 10.2 Å². The first-order chi connectivity index (χ1) is 13.8. The molecule has 1 aliphatic rings. The average molecular weight is 422 g/mol. The molecule has 0 spiro atoms. The summed E-state index contributed by atoms with van der Waals surface area (Å²) in [4.78, 5) is 24.6. The van der Waals surface area contributed by atoms with Crippen molar-refractivity contribution in [1.82, 2.24) is 10.2 Å². The van der Waals surface area contributed by atoms with E-state index in [4.69, 9.17) is 11.6 Å². The van der Waals surface area contributed by atoms with Gasteiger partial charge in [-0.25, -0.2) is 4.39 Å². The van der Waals surface area contributed by atoms with Gasteiger partial charge in [0.15, 0.2) is 0 Å². The van der Waals surface area contributed by atoms with Gasteiger partial charge in [-0.05, 0) is 42.7 Å². The highest BCUT2D eigenvalue weighted by Crippen LogP contribution is 2.33. The predicted octanol–water partition coefficient (Wildman–Crippen LogP) is 3.10. The second-order valence-corrected chi connectivity index (χ2v) is 7.49. The molecule has 3 rings (SSSR count). The molecule has 0 aromatic heterocycles. The van der Waals surface area contributed by atoms with Crippen molar-refractivity contribution >= 4 is 23.2 Å². The van der Waals surface area contributed by atoms with Crippen molar-refractivity contribution in [3.05, 3.63) is 74.5 Å². The Morgan fingerprint density at radius 2 is 1.90 bits per heavy atom. The zero-order valence-corrected chi connectivity index (χ0v) is 16.4. The van der Waals surface area contributed by atoms with Crippen LogP contribution < -0.4 is 5.32 Å². The van der Waals surface area contributed by atoms with Crippen molar-refractivity contribution in [2.24, 2.45) is 0 Å². The molecule has 0 radical (unpaired) electrons. The highest BCUT2D eigenvalue weighted by molar-refractivity contribution is 6.30. The number of rotatable bonds is 6. The van der Waals surface area contributed by atoms with Crippen LogP contribution in [0.5, 0.6) is 0 Å². The zero-order chi connectivity index (χ0) is 21.0. The molecule has 29 heavy (non-hydrogen) atoms. The van der Waals surface area contributed by atoms with Gasteiger partial charge in [0.2, 0.25) is 0 Å². The van der Waals surface area contributed by atoms with E-state index >= 15 is 0 Å². The number of benzene rings is 2. The van der Waals surface area contributed by atoms with Crippen molar-refractivity contribution in [2.75, 3.05) is 26.2 Å². The standard InChI is InChI=1S/C20H21ClFN3O4/c21-15-3-1-14(2-4-15)20(27)7-10-24(11-8-20)12-9-23-19(26)17-6-5-16(22)13-18(17)25(28)29/h1-6,13,27H,7-12H2,(H,23,26). The van der Waals surface area contributed by atoms with Gasteiger partial charge in [0.1, 0.15) is 11.4 Å². The summed E-state index contributed by atoms with van der Waals surface area (Å²) in [7, 11) is 0. The number of likely N-dealkylation sites (tertiary alicyclic amines) is 1. The van der Waals surface area contributed by atoms with Gasteiger partial charge in [-0.1, -0.05) is 23.7 Å². The highest BCUT2D eigenvalue weighted by Gasteiger charge is 2.33. The number of nitrogens with one attached hydrogen (secondary N) is 1. The number of halogens is 2. The molecule has 1 heterocycles. The summed E-state index contributed by atoms with van der Waals surface area (Å²) in [6.07, 6.45) is 1.10. The number of hydrogen-bond acceptors (Lipinski definition) is 5. The normalized spacial score (nSPS) is 16.4. The van der Waals surface area contributed by atoms with Gasteiger partial charge < -0.3 is 15.3 Å². The van der Waals surface area contributed by atoms with Gasteiger partial charge in [-0.3, -0.25) is 14.9 Å². The summed E-state index contributed by atoms with van der Waals surface area (Å²) in [5.41, 5.74) is -0.807. The second-order valence-electron chi connectivity index (χ2n) is 7.05. The van der Waals surface area contributed by atoms with Crippen molar-refractivity contribution in [2.45, 2.75) is 18.4 Å². The third kappa shape index (κ3) is 5.09. The summed E-state index contributed by atoms with van der Waals surface area (Å²) in [5, 5.41) is 25.2. The molecule has 0 aliphatic carbocycles. The lowest BCUT2D eigenvalue weighted by Gasteiger charge is -2.38. The third-order valence-corrected chi connectivity index (χ3v) is 5.43. The Morgan fingerprint density at radius 1 is 1.24 bits per heavy atom. The molecule has 7 nitrogen and oxygen atoms in total. The Balaban J connectivity index is 1.50. The van der Waals surface area contributed by atoms with E-state index in [1.165, 1.54) is 0 Å². The van der Waals surface area contributed by atoms with Crippen LogP contribution in [-0.4, -0.2) is 47.0 Å². The molecule has 1 fully saturated rings. The van der Waals surface area contributed by atoms with Gasteiger partial charge in [-0.15, -0.1) is 0 Å². The Hall–Kier alpha value is -2.55. The largest absolute Gasteiger partial charge is 0.385 e. The number of nitro benzene ring substituents is 1. The number of carbonyl (C=O) groups excluding carboxylic acids is 1. The molecule has 0 atom stereocenters. The fraction of sp³-hybridized carbons (Fsp3) is 0.350. The molecular formula is C20H21ClFN3O4. The van der Waals surface area contributed by atoms with Gasteiger partial charge >= 0.3 is 0 Å². The predicted molar refractivity (Wildman–Crippen MR) is 106 cm³/mol. The molecule has 0 bridgehead atoms. The monoisotopic (exact) mass is 421 g/mol. The number of hydrogen-bond donors (Lipinski definition) is 2. The molecule has 0 saturated carbocycles. The molecule has 0 unspecified atom stereocenters. The van der Waals surface area contributed by atoms with Crippen LogP contribution in [0, 0.1) is 15.9 Å². The van der Waals surface area contributed by atoms with Crippen molar-refractivity contribution < 1.29 is 19.2 Å². The molecular weight excluding hydrogens is 401 g/mol. The van der Waals surface area contributed by atoms with Crippen molar-refractivity contribution in [1.29, 1.82) is 0 Å². The van der Waals surface area contributed by atoms with E-state index in [0.717, 1.165) is 23.8 Å². The van der Waals surface area contributed by atoms with Gasteiger partial charge in [0.05, 0.1) is 16.6 Å². The Bertz CT molecular complexity index is 899. The minimum atomic E-state index is -0.904. The van der Waals surface area contributed by atoms with Crippen LogP contribution in [0.25, 0.3) is 0 Å². The number of amides is 1. The number of nitro groups is 1. The summed E-state index contributed by atoms with van der Waals surface area (Å²) < 4.78 is 13.2. The number of nitrogens with zero attached hydrogens (tertiary/aromatic N) is 2. The van der Waals surface area contributed by atoms with E-state index < -0.39 is 27.9 Å². The van der Waals surface area contributed by atoms with E-state index in [1.54, 1.807) is 12.1 Å². The molecule has 1 amide bonds. The molecule has 2 N–H and O–H groups in total. The molecule has 1 aliphatic heterocycles. The number of piperidine rings is 1. The first-order valence-electron chi connectivity index (χ1n) is 9.21. The Labute approximate surface area is 172 Å². The van der Waals surface area contributed by atoms with Crippen molar-refractivity contribution in [3.8, 4) is 0 Å². The van der Waals surface area contributed by atoms with Crippen LogP contribution in [0.15, 0.2) is 42.5 Å². The minimum Gasteiger partial charge on any atom is -0.385 e. The molecule has 1 saturated heterocycles. The van der Waals surface area contributed by atoms with Crippen LogP contribution in [0.1, 0.15) is 28.8 Å². The lowest BCUT2D eigenvalue weighted by Crippen LogP contribution is -2.45. The van der Waals surface area contributed by atoms with Crippen LogP contribution >= 0.6 is 11.6 Å². The van der Waals surface area contributed by atoms with Gasteiger partial charge in [0, 0.05) is 31.2 Å². The minimum absolute atomic E-state index is 0.174. The van der Waals surface area contributed by atoms with E-state index in [1.807, 2.05) is 12.1 Å². The first kappa shape index (κ1) is 21.2. The average Bonchev–Trinajstić information content (AvgIpc) is 2.69. The quantitative estimate of drug-likeness (QED) is 0.552. The second kappa shape index (κ2) is 8.86. The molecule has 2 aromatic rings. The smallest absolute Gasteiger partial charge is 0.285 e. The van der Waals surface area contributed by atoms with Crippen LogP contribution in [0.2, 0.25) is 5.02 Å². The fourth-order valence-electron chi connectivity index (χ4n) is 3.47. The maximum Gasteiger partial charge on any atom is 0.285 e. The fourth-order valence-corrected chi connectivity index (χ4v) is 3.59. The lowest BCUT2D eigenvalue weighted by atomic mass is 9.84. The van der Waals surface area contributed by atoms with Crippen LogP contribution in [0.3, 0.4) is 0 Å². The summed E-state index contributed by atoms with van der Waals surface area (Å²) in [5.74, 6) is -1.39. The van der Waals surface area contributed by atoms with E-state index in [9.17, 15) is 24.4 Å². The number of carbonyl (C=O) groups is 1. The summed E-state index contributed by atoms with van der Waals surface area (Å²) in [6, 6.07) is 10.0. The molecule has 2 aromatic carbocycles. The zero-order valence-electron chi connectivity index (χ0n) is 15.6. The Morgan fingerprint density at radius 3 is 2.52 bits per heavy atom. The topological polar surface area (TPSA) is 95.7 Å². The Kier molecular flexibility index (Phi) is 6.46. The van der Waals surface area contributed by atoms with E-state index in [0.29, 0.717) is 37.5 Å². The number of aliphatic hydroxyl groups is 1. The highest BCUT2D eigenvalue weighted by atomic mass is 35.5. The van der Waals surface area contributed by atoms with Crippen LogP contribution in [-0.2, 0) is 5.60 Å². The maximum absolute atomic E-state index is 13.2. The van der Waals surface area contributed by atoms with Crippen LogP contribution in [0.4, 0.5) is 10.1 Å². The SMILES string of the molecule is O=C(NCCN1CCC(O)(c2ccc(Cl)cc2)CC1)c1ccc(F)cc1[N+](=O)[O-]. The molecule has 9 heteroatoms. The first-order valence-corrected chi connectivity index (χ1v) is 9.59. The van der Waals surface area contributed by atoms with Gasteiger partial charge in [0.25, 0.3) is 11.6 Å². The third-order valence-electron chi connectivity index (χ3n) is 5.18. The van der Waals surface area contributed by atoms with Crippen molar-refractivity contribution in [3.63, 3.8) is 0 Å². The molecule has 154 valence electrons. The van der Waals surface area contributed by atoms with Gasteiger partial charge in [-0.2, -0.15) is 0 Å². The maximum atomic E-state index is 13.2. The van der Waals surface area contributed by atoms with E-state index in [-0.39, 0.29) is 12.1 Å². The lowest BCUT2D eigenvalue weighted by molar-refractivity contribution is -0.385. The summed E-state index contributed by atoms with van der Waals surface area (Å²) >= 11 is 5.90. The summed E-state index contributed by atoms with van der Waals surface area (Å²) in [6.45, 7) is 2.11.